The van der Waals surface area contributed by atoms with E-state index in [4.69, 9.17) is 9.84 Å². The Morgan fingerprint density at radius 1 is 1.26 bits per heavy atom. The van der Waals surface area contributed by atoms with Gasteiger partial charge in [-0.1, -0.05) is 0 Å². The van der Waals surface area contributed by atoms with E-state index < -0.39 is 17.9 Å². The number of anilines is 1. The molecule has 2 amide bonds. The van der Waals surface area contributed by atoms with Crippen LogP contribution in [0.25, 0.3) is 0 Å². The van der Waals surface area contributed by atoms with Gasteiger partial charge < -0.3 is 20.5 Å². The third-order valence-electron chi connectivity index (χ3n) is 2.19. The average molecular weight is 266 g/mol. The highest BCUT2D eigenvalue weighted by atomic mass is 16.5. The highest BCUT2D eigenvalue weighted by Gasteiger charge is 2.13. The fourth-order valence-electron chi connectivity index (χ4n) is 1.31. The maximum atomic E-state index is 11.5. The van der Waals surface area contributed by atoms with Crippen molar-refractivity contribution in [3.05, 3.63) is 24.3 Å². The summed E-state index contributed by atoms with van der Waals surface area (Å²) in [7, 11) is 0. The number of nitrogens with one attached hydrogen (secondary N) is 2. The van der Waals surface area contributed by atoms with Crippen LogP contribution in [0.3, 0.4) is 0 Å². The standard InChI is InChI=1S/C13H18N2O4/c1-3-19-11-6-4-10(5-7-11)15-13(18)12(17)14-8-9(2)16/h4-7,9,16H,3,8H2,1-2H3,(H,14,17)(H,15,18). The number of rotatable bonds is 5. The lowest BCUT2D eigenvalue weighted by Crippen LogP contribution is -2.38. The van der Waals surface area contributed by atoms with Crippen LogP contribution >= 0.6 is 0 Å². The molecular formula is C13H18N2O4. The van der Waals surface area contributed by atoms with Crippen molar-refractivity contribution in [1.29, 1.82) is 0 Å². The molecule has 1 atom stereocenters. The zero-order valence-corrected chi connectivity index (χ0v) is 11.0. The van der Waals surface area contributed by atoms with Gasteiger partial charge in [0.2, 0.25) is 0 Å². The Kier molecular flexibility index (Phi) is 5.81. The van der Waals surface area contributed by atoms with Crippen molar-refractivity contribution in [2.24, 2.45) is 0 Å². The number of hydrogen-bond donors (Lipinski definition) is 3. The molecule has 3 N–H and O–H groups in total. The molecule has 0 fully saturated rings. The molecule has 1 rings (SSSR count). The monoisotopic (exact) mass is 266 g/mol. The zero-order chi connectivity index (χ0) is 14.3. The highest BCUT2D eigenvalue weighted by molar-refractivity contribution is 6.39. The van der Waals surface area contributed by atoms with Crippen molar-refractivity contribution in [2.75, 3.05) is 18.5 Å². The molecule has 6 heteroatoms. The van der Waals surface area contributed by atoms with Crippen LogP contribution in [0, 0.1) is 0 Å². The molecule has 0 aliphatic rings. The molecule has 1 unspecified atom stereocenters. The maximum Gasteiger partial charge on any atom is 0.313 e. The van der Waals surface area contributed by atoms with Crippen molar-refractivity contribution < 1.29 is 19.4 Å². The lowest BCUT2D eigenvalue weighted by atomic mass is 10.3. The van der Waals surface area contributed by atoms with E-state index in [1.165, 1.54) is 6.92 Å². The molecule has 19 heavy (non-hydrogen) atoms. The Labute approximate surface area is 111 Å². The molecule has 0 aliphatic heterocycles. The quantitative estimate of drug-likeness (QED) is 0.678. The Balaban J connectivity index is 2.49. The summed E-state index contributed by atoms with van der Waals surface area (Å²) in [6.07, 6.45) is -0.692. The molecule has 0 aliphatic carbocycles. The summed E-state index contributed by atoms with van der Waals surface area (Å²) in [5, 5.41) is 13.7. The van der Waals surface area contributed by atoms with Gasteiger partial charge in [-0.3, -0.25) is 9.59 Å². The van der Waals surface area contributed by atoms with Crippen molar-refractivity contribution >= 4 is 17.5 Å². The van der Waals surface area contributed by atoms with Crippen LogP contribution in [-0.2, 0) is 9.59 Å². The molecule has 0 spiro atoms. The number of carbonyl (C=O) groups excluding carboxylic acids is 2. The second-order valence-electron chi connectivity index (χ2n) is 3.97. The van der Waals surface area contributed by atoms with Crippen LogP contribution in [-0.4, -0.2) is 36.2 Å². The summed E-state index contributed by atoms with van der Waals surface area (Å²) in [6, 6.07) is 6.69. The fourth-order valence-corrected chi connectivity index (χ4v) is 1.31. The SMILES string of the molecule is CCOc1ccc(NC(=O)C(=O)NCC(C)O)cc1. The summed E-state index contributed by atoms with van der Waals surface area (Å²) in [5.41, 5.74) is 0.501. The number of aliphatic hydroxyl groups is 1. The second-order valence-corrected chi connectivity index (χ2v) is 3.97. The number of amides is 2. The van der Waals surface area contributed by atoms with E-state index in [9.17, 15) is 9.59 Å². The zero-order valence-electron chi connectivity index (χ0n) is 11.0. The lowest BCUT2D eigenvalue weighted by molar-refractivity contribution is -0.136. The van der Waals surface area contributed by atoms with E-state index >= 15 is 0 Å². The Morgan fingerprint density at radius 3 is 2.42 bits per heavy atom. The first-order chi connectivity index (χ1) is 9.02. The molecule has 0 saturated carbocycles. The van der Waals surface area contributed by atoms with Gasteiger partial charge in [0.25, 0.3) is 0 Å². The minimum absolute atomic E-state index is 0.0372. The molecule has 0 radical (unpaired) electrons. The van der Waals surface area contributed by atoms with Gasteiger partial charge in [0.15, 0.2) is 0 Å². The van der Waals surface area contributed by atoms with Crippen LogP contribution in [0.4, 0.5) is 5.69 Å². The number of carbonyl (C=O) groups is 2. The molecule has 0 heterocycles. The van der Waals surface area contributed by atoms with Crippen molar-refractivity contribution in [2.45, 2.75) is 20.0 Å². The third kappa shape index (κ3) is 5.39. The Hall–Kier alpha value is -2.08. The van der Waals surface area contributed by atoms with Gasteiger partial charge in [-0.05, 0) is 38.1 Å². The summed E-state index contributed by atoms with van der Waals surface area (Å²) in [4.78, 5) is 22.9. The smallest absolute Gasteiger partial charge is 0.313 e. The number of aliphatic hydroxyl groups excluding tert-OH is 1. The van der Waals surface area contributed by atoms with Crippen LogP contribution in [0.2, 0.25) is 0 Å². The Bertz CT molecular complexity index is 429. The predicted octanol–water partition coefficient (Wildman–Crippen LogP) is 0.521. The van der Waals surface area contributed by atoms with Crippen molar-refractivity contribution in [1.82, 2.24) is 5.32 Å². The minimum atomic E-state index is -0.783. The molecular weight excluding hydrogens is 248 g/mol. The van der Waals surface area contributed by atoms with E-state index in [-0.39, 0.29) is 6.54 Å². The molecule has 0 saturated heterocycles. The second kappa shape index (κ2) is 7.38. The van der Waals surface area contributed by atoms with E-state index in [1.54, 1.807) is 24.3 Å². The summed E-state index contributed by atoms with van der Waals surface area (Å²) < 4.78 is 5.26. The predicted molar refractivity (Wildman–Crippen MR) is 70.9 cm³/mol. The van der Waals surface area contributed by atoms with Crippen LogP contribution in [0.15, 0.2) is 24.3 Å². The van der Waals surface area contributed by atoms with Gasteiger partial charge in [0.1, 0.15) is 5.75 Å². The van der Waals surface area contributed by atoms with Gasteiger partial charge in [-0.25, -0.2) is 0 Å². The summed E-state index contributed by atoms with van der Waals surface area (Å²) >= 11 is 0. The number of benzene rings is 1. The van der Waals surface area contributed by atoms with Gasteiger partial charge in [0.05, 0.1) is 12.7 Å². The topological polar surface area (TPSA) is 87.7 Å². The van der Waals surface area contributed by atoms with Crippen molar-refractivity contribution in [3.8, 4) is 5.75 Å². The van der Waals surface area contributed by atoms with Gasteiger partial charge in [-0.2, -0.15) is 0 Å². The third-order valence-corrected chi connectivity index (χ3v) is 2.19. The van der Waals surface area contributed by atoms with Gasteiger partial charge >= 0.3 is 11.8 Å². The summed E-state index contributed by atoms with van der Waals surface area (Å²) in [5.74, 6) is -0.862. The number of hydrogen-bond acceptors (Lipinski definition) is 4. The molecule has 1 aromatic rings. The first-order valence-electron chi connectivity index (χ1n) is 6.03. The minimum Gasteiger partial charge on any atom is -0.494 e. The van der Waals surface area contributed by atoms with Gasteiger partial charge in [0, 0.05) is 12.2 Å². The molecule has 6 nitrogen and oxygen atoms in total. The molecule has 104 valence electrons. The van der Waals surface area contributed by atoms with Gasteiger partial charge in [-0.15, -0.1) is 0 Å². The van der Waals surface area contributed by atoms with E-state index in [2.05, 4.69) is 10.6 Å². The van der Waals surface area contributed by atoms with Crippen LogP contribution in [0.5, 0.6) is 5.75 Å². The van der Waals surface area contributed by atoms with Crippen LogP contribution in [0.1, 0.15) is 13.8 Å². The average Bonchev–Trinajstić information content (AvgIpc) is 2.38. The van der Waals surface area contributed by atoms with Crippen LogP contribution < -0.4 is 15.4 Å². The lowest BCUT2D eigenvalue weighted by Gasteiger charge is -2.08. The first-order valence-corrected chi connectivity index (χ1v) is 6.03. The highest BCUT2D eigenvalue weighted by Crippen LogP contribution is 2.15. The number of ether oxygens (including phenoxy) is 1. The van der Waals surface area contributed by atoms with E-state index in [1.807, 2.05) is 6.92 Å². The molecule has 0 bridgehead atoms. The molecule has 0 aromatic heterocycles. The van der Waals surface area contributed by atoms with Crippen molar-refractivity contribution in [3.63, 3.8) is 0 Å². The normalized spacial score (nSPS) is 11.5. The molecule has 1 aromatic carbocycles. The Morgan fingerprint density at radius 2 is 1.89 bits per heavy atom. The fraction of sp³-hybridized carbons (Fsp3) is 0.385. The summed E-state index contributed by atoms with van der Waals surface area (Å²) in [6.45, 7) is 4.00. The first kappa shape index (κ1) is 15.0. The van der Waals surface area contributed by atoms with E-state index in [0.717, 1.165) is 0 Å². The maximum absolute atomic E-state index is 11.5. The largest absolute Gasteiger partial charge is 0.494 e. The van der Waals surface area contributed by atoms with E-state index in [0.29, 0.717) is 18.0 Å².